The molecule has 0 aliphatic carbocycles. The molecule has 176 valence electrons. The maximum atomic E-state index is 13.1. The van der Waals surface area contributed by atoms with E-state index in [-0.39, 0.29) is 10.6 Å². The first-order chi connectivity index (χ1) is 16.4. The number of hydrogen-bond acceptors (Lipinski definition) is 6. The quantitative estimate of drug-likeness (QED) is 0.217. The Bertz CT molecular complexity index is 1320. The molecule has 0 N–H and O–H groups in total. The van der Waals surface area contributed by atoms with Gasteiger partial charge in [0.05, 0.1) is 11.5 Å². The molecule has 0 saturated heterocycles. The summed E-state index contributed by atoms with van der Waals surface area (Å²) in [7, 11) is -3.56. The van der Waals surface area contributed by atoms with Gasteiger partial charge in [-0.2, -0.15) is 0 Å². The zero-order valence-corrected chi connectivity index (χ0v) is 20.8. The molecule has 0 fully saturated rings. The monoisotopic (exact) mass is 493 g/mol. The number of aromatic nitrogens is 3. The van der Waals surface area contributed by atoms with Crippen LogP contribution in [0.25, 0.3) is 5.69 Å². The van der Waals surface area contributed by atoms with Gasteiger partial charge in [-0.3, -0.25) is 4.57 Å². The van der Waals surface area contributed by atoms with Crippen LogP contribution in [0.3, 0.4) is 0 Å². The Labute approximate surface area is 204 Å². The lowest BCUT2D eigenvalue weighted by Crippen LogP contribution is -2.11. The van der Waals surface area contributed by atoms with E-state index in [9.17, 15) is 8.42 Å². The van der Waals surface area contributed by atoms with E-state index >= 15 is 0 Å². The van der Waals surface area contributed by atoms with Crippen LogP contribution < -0.4 is 4.74 Å². The van der Waals surface area contributed by atoms with Crippen LogP contribution in [0.2, 0.25) is 0 Å². The first kappa shape index (κ1) is 24.0. The van der Waals surface area contributed by atoms with Gasteiger partial charge in [0, 0.05) is 11.4 Å². The number of ether oxygens (including phenoxy) is 1. The lowest BCUT2D eigenvalue weighted by Gasteiger charge is -2.11. The summed E-state index contributed by atoms with van der Waals surface area (Å²) < 4.78 is 33.7. The average Bonchev–Trinajstić information content (AvgIpc) is 3.22. The summed E-state index contributed by atoms with van der Waals surface area (Å²) in [6.45, 7) is 4.56. The number of benzene rings is 3. The van der Waals surface area contributed by atoms with Crippen LogP contribution >= 0.6 is 11.8 Å². The number of para-hydroxylation sites is 1. The van der Waals surface area contributed by atoms with Gasteiger partial charge in [0.1, 0.15) is 11.5 Å². The highest BCUT2D eigenvalue weighted by atomic mass is 32.2. The van der Waals surface area contributed by atoms with Crippen molar-refractivity contribution in [1.29, 1.82) is 0 Å². The van der Waals surface area contributed by atoms with Gasteiger partial charge in [0.15, 0.2) is 20.8 Å². The molecule has 0 aliphatic rings. The number of aryl methyl sites for hydroxylation is 2. The molecule has 34 heavy (non-hydrogen) atoms. The van der Waals surface area contributed by atoms with Crippen LogP contribution in [0.5, 0.6) is 5.75 Å². The second-order valence-electron chi connectivity index (χ2n) is 8.01. The number of rotatable bonds is 10. The Morgan fingerprint density at radius 3 is 2.18 bits per heavy atom. The molecule has 0 bridgehead atoms. The van der Waals surface area contributed by atoms with Crippen molar-refractivity contribution in [3.8, 4) is 11.4 Å². The molecule has 0 unspecified atom stereocenters. The van der Waals surface area contributed by atoms with Gasteiger partial charge in [0.25, 0.3) is 0 Å². The molecular formula is C26H27N3O3S2. The topological polar surface area (TPSA) is 74.1 Å². The van der Waals surface area contributed by atoms with Crippen LogP contribution in [0.15, 0.2) is 88.9 Å². The minimum atomic E-state index is -3.56. The van der Waals surface area contributed by atoms with Gasteiger partial charge in [-0.25, -0.2) is 8.42 Å². The number of nitrogens with zero attached hydrogens (tertiary/aromatic N) is 3. The molecule has 6 nitrogen and oxygen atoms in total. The summed E-state index contributed by atoms with van der Waals surface area (Å²) in [5.41, 5.74) is 3.04. The summed E-state index contributed by atoms with van der Waals surface area (Å²) in [6.07, 6.45) is 0.817. The Morgan fingerprint density at radius 2 is 1.50 bits per heavy atom. The smallest absolute Gasteiger partial charge is 0.195 e. The van der Waals surface area contributed by atoms with Crippen LogP contribution in [-0.2, 0) is 15.6 Å². The first-order valence-electron chi connectivity index (χ1n) is 11.0. The van der Waals surface area contributed by atoms with E-state index in [2.05, 4.69) is 10.2 Å². The highest BCUT2D eigenvalue weighted by molar-refractivity contribution is 7.99. The van der Waals surface area contributed by atoms with Crippen molar-refractivity contribution in [3.05, 3.63) is 95.8 Å². The van der Waals surface area contributed by atoms with E-state index in [1.54, 1.807) is 24.3 Å². The van der Waals surface area contributed by atoms with Gasteiger partial charge >= 0.3 is 0 Å². The summed E-state index contributed by atoms with van der Waals surface area (Å²) >= 11 is 1.54. The van der Waals surface area contributed by atoms with Crippen LogP contribution in [0.4, 0.5) is 0 Å². The fraction of sp³-hybridized carbons (Fsp3) is 0.231. The molecule has 4 rings (SSSR count). The molecule has 4 aromatic rings. The minimum Gasteiger partial charge on any atom is -0.494 e. The van der Waals surface area contributed by atoms with Gasteiger partial charge < -0.3 is 4.74 Å². The molecule has 1 aromatic heterocycles. The minimum absolute atomic E-state index is 0.227. The molecule has 3 aromatic carbocycles. The van der Waals surface area contributed by atoms with Crippen molar-refractivity contribution in [2.75, 3.05) is 12.4 Å². The molecule has 0 saturated carbocycles. The zero-order chi connectivity index (χ0) is 24.0. The van der Waals surface area contributed by atoms with Crippen LogP contribution in [-0.4, -0.2) is 35.5 Å². The third-order valence-corrected chi connectivity index (χ3v) is 7.87. The van der Waals surface area contributed by atoms with E-state index in [1.807, 2.05) is 73.0 Å². The van der Waals surface area contributed by atoms with E-state index in [1.165, 1.54) is 17.3 Å². The van der Waals surface area contributed by atoms with Crippen molar-refractivity contribution in [2.24, 2.45) is 0 Å². The fourth-order valence-electron chi connectivity index (χ4n) is 3.37. The van der Waals surface area contributed by atoms with Crippen molar-refractivity contribution in [1.82, 2.24) is 14.8 Å². The summed E-state index contributed by atoms with van der Waals surface area (Å²) in [5.74, 6) is 1.79. The molecular weight excluding hydrogens is 466 g/mol. The number of sulfone groups is 1. The van der Waals surface area contributed by atoms with Crippen molar-refractivity contribution < 1.29 is 13.2 Å². The van der Waals surface area contributed by atoms with Gasteiger partial charge in [-0.15, -0.1) is 10.2 Å². The predicted octanol–water partition coefficient (Wildman–Crippen LogP) is 5.42. The molecule has 8 heteroatoms. The normalized spacial score (nSPS) is 11.5. The predicted molar refractivity (Wildman–Crippen MR) is 135 cm³/mol. The van der Waals surface area contributed by atoms with E-state index in [0.29, 0.717) is 17.6 Å². The highest BCUT2D eigenvalue weighted by Gasteiger charge is 2.22. The Morgan fingerprint density at radius 1 is 0.853 bits per heavy atom. The molecule has 0 radical (unpaired) electrons. The zero-order valence-electron chi connectivity index (χ0n) is 19.2. The average molecular weight is 494 g/mol. The summed E-state index contributed by atoms with van der Waals surface area (Å²) in [5, 5.41) is 9.24. The number of thioether (sulfide) groups is 1. The summed E-state index contributed by atoms with van der Waals surface area (Å²) in [6, 6.07) is 24.5. The fourth-order valence-corrected chi connectivity index (χ4v) is 5.50. The maximum absolute atomic E-state index is 13.1. The van der Waals surface area contributed by atoms with Crippen LogP contribution in [0.1, 0.15) is 23.4 Å². The molecule has 0 amide bonds. The molecule has 0 aliphatic heterocycles. The van der Waals surface area contributed by atoms with Crippen molar-refractivity contribution >= 4 is 21.6 Å². The van der Waals surface area contributed by atoms with Crippen molar-refractivity contribution in [2.45, 2.75) is 36.1 Å². The Hall–Kier alpha value is -3.10. The second kappa shape index (κ2) is 10.9. The standard InChI is InChI=1S/C26H27N3O3S2/c1-20-9-13-23(14-10-20)32-17-6-18-33-26-28-27-25(29(26)22-7-4-3-5-8-22)19-34(30,31)24-15-11-21(2)12-16-24/h3-5,7-16H,6,17-19H2,1-2H3. The van der Waals surface area contributed by atoms with E-state index in [4.69, 9.17) is 4.74 Å². The highest BCUT2D eigenvalue weighted by Crippen LogP contribution is 2.25. The van der Waals surface area contributed by atoms with Gasteiger partial charge in [-0.1, -0.05) is 65.4 Å². The molecule has 0 atom stereocenters. The SMILES string of the molecule is Cc1ccc(OCCCSc2nnc(CS(=O)(=O)c3ccc(C)cc3)n2-c2ccccc2)cc1. The lowest BCUT2D eigenvalue weighted by molar-refractivity contribution is 0.318. The third-order valence-electron chi connectivity index (χ3n) is 5.22. The Balaban J connectivity index is 1.47. The van der Waals surface area contributed by atoms with E-state index < -0.39 is 9.84 Å². The second-order valence-corrected chi connectivity index (χ2v) is 11.1. The molecule has 0 spiro atoms. The van der Waals surface area contributed by atoms with E-state index in [0.717, 1.165) is 29.2 Å². The lowest BCUT2D eigenvalue weighted by atomic mass is 10.2. The van der Waals surface area contributed by atoms with Gasteiger partial charge in [0.2, 0.25) is 0 Å². The van der Waals surface area contributed by atoms with Gasteiger partial charge in [-0.05, 0) is 56.7 Å². The Kier molecular flexibility index (Phi) is 7.70. The van der Waals surface area contributed by atoms with Crippen molar-refractivity contribution in [3.63, 3.8) is 0 Å². The molecule has 1 heterocycles. The summed E-state index contributed by atoms with van der Waals surface area (Å²) in [4.78, 5) is 0.281. The number of hydrogen-bond donors (Lipinski definition) is 0. The first-order valence-corrected chi connectivity index (χ1v) is 13.7. The largest absolute Gasteiger partial charge is 0.494 e. The van der Waals surface area contributed by atoms with Crippen LogP contribution in [0, 0.1) is 13.8 Å². The third kappa shape index (κ3) is 6.07. The maximum Gasteiger partial charge on any atom is 0.195 e.